The summed E-state index contributed by atoms with van der Waals surface area (Å²) in [5.74, 6) is -2.58. The van der Waals surface area contributed by atoms with E-state index in [-0.39, 0.29) is 18.7 Å². The molecule has 36 heavy (non-hydrogen) atoms. The normalized spacial score (nSPS) is 17.9. The summed E-state index contributed by atoms with van der Waals surface area (Å²) in [6.07, 6.45) is 7.48. The Bertz CT molecular complexity index is 850. The number of rotatable bonds is 16. The summed E-state index contributed by atoms with van der Waals surface area (Å²) in [4.78, 5) is 59.2. The first-order chi connectivity index (χ1) is 17.3. The number of H-pyrrole nitrogens is 1. The Labute approximate surface area is 210 Å². The Morgan fingerprint density at radius 2 is 1.78 bits per heavy atom. The average molecular weight is 509 g/mol. The molecule has 2 rings (SSSR count). The third-order valence-electron chi connectivity index (χ3n) is 6.30. The summed E-state index contributed by atoms with van der Waals surface area (Å²) < 4.78 is 0. The second-order valence-electron chi connectivity index (χ2n) is 9.11. The number of carbonyl (C=O) groups is 4. The summed E-state index contributed by atoms with van der Waals surface area (Å²) >= 11 is 0. The molecule has 1 aromatic heterocycles. The minimum Gasteiger partial charge on any atom is -0.480 e. The van der Waals surface area contributed by atoms with Gasteiger partial charge in [0.25, 0.3) is 0 Å². The second-order valence-corrected chi connectivity index (χ2v) is 9.11. The fourth-order valence-electron chi connectivity index (χ4n) is 4.26. The third-order valence-corrected chi connectivity index (χ3v) is 6.30. The largest absolute Gasteiger partial charge is 0.480 e. The SMILES string of the molecule is NCCCCC(N)C(=O)N1CCCC1C(=O)NC(Cc1cnc[nH]1)C(=O)NC(CCCCN)C(=O)O. The molecule has 1 saturated heterocycles. The molecule has 1 aliphatic rings. The van der Waals surface area contributed by atoms with Crippen molar-refractivity contribution in [3.63, 3.8) is 0 Å². The minimum absolute atomic E-state index is 0.0754. The van der Waals surface area contributed by atoms with Crippen molar-refractivity contribution in [3.05, 3.63) is 18.2 Å². The molecule has 1 aliphatic heterocycles. The molecule has 4 atom stereocenters. The van der Waals surface area contributed by atoms with Gasteiger partial charge in [0.05, 0.1) is 12.4 Å². The first-order valence-corrected chi connectivity index (χ1v) is 12.6. The Hall–Kier alpha value is -3.03. The minimum atomic E-state index is -1.16. The van der Waals surface area contributed by atoms with E-state index < -0.39 is 42.0 Å². The molecule has 0 aliphatic carbocycles. The number of hydrogen-bond acceptors (Lipinski definition) is 8. The molecular formula is C23H40N8O5. The number of carboxylic acids is 1. The van der Waals surface area contributed by atoms with Crippen molar-refractivity contribution in [2.45, 2.75) is 82.0 Å². The standard InChI is InChI=1S/C23H40N8O5/c24-9-3-1-6-16(26)22(34)31-11-5-8-19(31)21(33)30-18(12-15-13-27-14-28-15)20(32)29-17(23(35)36)7-2-4-10-25/h13-14,16-19H,1-12,24-26H2,(H,27,28)(H,29,32)(H,30,33)(H,35,36). The molecule has 13 heteroatoms. The summed E-state index contributed by atoms with van der Waals surface area (Å²) in [7, 11) is 0. The van der Waals surface area contributed by atoms with Gasteiger partial charge >= 0.3 is 5.97 Å². The number of aromatic amines is 1. The maximum atomic E-state index is 13.2. The van der Waals surface area contributed by atoms with Crippen LogP contribution in [0.1, 0.15) is 57.1 Å². The number of carbonyl (C=O) groups excluding carboxylic acids is 3. The molecule has 10 N–H and O–H groups in total. The van der Waals surface area contributed by atoms with Gasteiger partial charge in [-0.2, -0.15) is 0 Å². The predicted molar refractivity (Wildman–Crippen MR) is 132 cm³/mol. The maximum absolute atomic E-state index is 13.2. The molecule has 13 nitrogen and oxygen atoms in total. The van der Waals surface area contributed by atoms with E-state index in [1.807, 2.05) is 0 Å². The van der Waals surface area contributed by atoms with Crippen LogP contribution in [0.25, 0.3) is 0 Å². The molecule has 0 spiro atoms. The van der Waals surface area contributed by atoms with Gasteiger partial charge in [0.15, 0.2) is 0 Å². The van der Waals surface area contributed by atoms with Crippen molar-refractivity contribution in [2.75, 3.05) is 19.6 Å². The molecule has 0 radical (unpaired) electrons. The fourth-order valence-corrected chi connectivity index (χ4v) is 4.26. The van der Waals surface area contributed by atoms with Gasteiger partial charge < -0.3 is 42.8 Å². The second kappa shape index (κ2) is 15.2. The topological polar surface area (TPSA) is 223 Å². The van der Waals surface area contributed by atoms with Crippen molar-refractivity contribution in [1.29, 1.82) is 0 Å². The summed E-state index contributed by atoms with van der Waals surface area (Å²) in [5.41, 5.74) is 17.6. The highest BCUT2D eigenvalue weighted by Crippen LogP contribution is 2.20. The first-order valence-electron chi connectivity index (χ1n) is 12.6. The zero-order valence-corrected chi connectivity index (χ0v) is 20.7. The lowest BCUT2D eigenvalue weighted by molar-refractivity contribution is -0.143. The lowest BCUT2D eigenvalue weighted by Gasteiger charge is -2.28. The number of imidazole rings is 1. The van der Waals surface area contributed by atoms with Gasteiger partial charge in [-0.05, 0) is 58.0 Å². The summed E-state index contributed by atoms with van der Waals surface area (Å²) in [6, 6.07) is -3.65. The van der Waals surface area contributed by atoms with Gasteiger partial charge in [-0.15, -0.1) is 0 Å². The van der Waals surface area contributed by atoms with E-state index in [0.717, 1.165) is 12.8 Å². The van der Waals surface area contributed by atoms with Crippen molar-refractivity contribution in [2.24, 2.45) is 17.2 Å². The van der Waals surface area contributed by atoms with E-state index >= 15 is 0 Å². The van der Waals surface area contributed by atoms with Crippen molar-refractivity contribution in [3.8, 4) is 0 Å². The van der Waals surface area contributed by atoms with Crippen LogP contribution in [0.5, 0.6) is 0 Å². The maximum Gasteiger partial charge on any atom is 0.326 e. The number of nitrogens with one attached hydrogen (secondary N) is 3. The Morgan fingerprint density at radius 3 is 2.39 bits per heavy atom. The Balaban J connectivity index is 2.09. The first kappa shape index (κ1) is 29.2. The number of likely N-dealkylation sites (tertiary alicyclic amines) is 1. The van der Waals surface area contributed by atoms with Gasteiger partial charge in [0, 0.05) is 24.9 Å². The lowest BCUT2D eigenvalue weighted by atomic mass is 10.1. The zero-order chi connectivity index (χ0) is 26.5. The predicted octanol–water partition coefficient (Wildman–Crippen LogP) is -1.42. The van der Waals surface area contributed by atoms with Crippen molar-refractivity contribution >= 4 is 23.7 Å². The molecular weight excluding hydrogens is 468 g/mol. The summed E-state index contributed by atoms with van der Waals surface area (Å²) in [6.45, 7) is 1.35. The number of nitrogens with zero attached hydrogens (tertiary/aromatic N) is 2. The van der Waals surface area contributed by atoms with E-state index in [2.05, 4.69) is 20.6 Å². The van der Waals surface area contributed by atoms with Crippen LogP contribution in [0, 0.1) is 0 Å². The van der Waals surface area contributed by atoms with Crippen LogP contribution in [-0.2, 0) is 25.6 Å². The number of hydrogen-bond donors (Lipinski definition) is 7. The quantitative estimate of drug-likeness (QED) is 0.130. The third kappa shape index (κ3) is 8.88. The molecule has 1 fully saturated rings. The lowest BCUT2D eigenvalue weighted by Crippen LogP contribution is -2.57. The molecule has 2 heterocycles. The highest BCUT2D eigenvalue weighted by Gasteiger charge is 2.38. The Morgan fingerprint density at radius 1 is 1.08 bits per heavy atom. The van der Waals surface area contributed by atoms with E-state index in [4.69, 9.17) is 17.2 Å². The Kier molecular flexibility index (Phi) is 12.3. The van der Waals surface area contributed by atoms with Crippen LogP contribution in [0.4, 0.5) is 0 Å². The number of nitrogens with two attached hydrogens (primary N) is 3. The van der Waals surface area contributed by atoms with Gasteiger partial charge in [0.1, 0.15) is 18.1 Å². The molecule has 0 bridgehead atoms. The molecule has 202 valence electrons. The van der Waals surface area contributed by atoms with Crippen LogP contribution in [0.3, 0.4) is 0 Å². The van der Waals surface area contributed by atoms with Gasteiger partial charge in [-0.3, -0.25) is 14.4 Å². The van der Waals surface area contributed by atoms with Crippen molar-refractivity contribution in [1.82, 2.24) is 25.5 Å². The van der Waals surface area contributed by atoms with Crippen LogP contribution >= 0.6 is 0 Å². The number of aliphatic carboxylic acids is 1. The molecule has 0 saturated carbocycles. The van der Waals surface area contributed by atoms with Gasteiger partial charge in [0.2, 0.25) is 17.7 Å². The smallest absolute Gasteiger partial charge is 0.326 e. The molecule has 0 aromatic carbocycles. The van der Waals surface area contributed by atoms with Crippen LogP contribution in [0.2, 0.25) is 0 Å². The zero-order valence-electron chi connectivity index (χ0n) is 20.7. The average Bonchev–Trinajstić information content (AvgIpc) is 3.54. The van der Waals surface area contributed by atoms with Crippen LogP contribution < -0.4 is 27.8 Å². The van der Waals surface area contributed by atoms with Crippen LogP contribution in [-0.4, -0.2) is 87.5 Å². The monoisotopic (exact) mass is 508 g/mol. The molecule has 1 aromatic rings. The highest BCUT2D eigenvalue weighted by molar-refractivity contribution is 5.94. The van der Waals surface area contributed by atoms with Crippen molar-refractivity contribution < 1.29 is 24.3 Å². The molecule has 4 unspecified atom stereocenters. The van der Waals surface area contributed by atoms with Crippen LogP contribution in [0.15, 0.2) is 12.5 Å². The summed E-state index contributed by atoms with van der Waals surface area (Å²) in [5, 5.41) is 14.8. The fraction of sp³-hybridized carbons (Fsp3) is 0.696. The number of unbranched alkanes of at least 4 members (excludes halogenated alkanes) is 2. The number of amides is 3. The van der Waals surface area contributed by atoms with E-state index in [1.165, 1.54) is 17.4 Å². The number of aromatic nitrogens is 2. The van der Waals surface area contributed by atoms with E-state index in [9.17, 15) is 24.3 Å². The number of carboxylic acid groups (broad SMARTS) is 1. The van der Waals surface area contributed by atoms with E-state index in [0.29, 0.717) is 57.4 Å². The van der Waals surface area contributed by atoms with E-state index in [1.54, 1.807) is 0 Å². The highest BCUT2D eigenvalue weighted by atomic mass is 16.4. The van der Waals surface area contributed by atoms with Gasteiger partial charge in [-0.25, -0.2) is 9.78 Å². The van der Waals surface area contributed by atoms with Gasteiger partial charge in [-0.1, -0.05) is 6.42 Å². The molecule has 3 amide bonds.